The van der Waals surface area contributed by atoms with Gasteiger partial charge in [0.1, 0.15) is 18.1 Å². The second-order valence-corrected chi connectivity index (χ2v) is 5.49. The van der Waals surface area contributed by atoms with Crippen molar-refractivity contribution in [3.8, 4) is 5.75 Å². The monoisotopic (exact) mass is 273 g/mol. The zero-order valence-corrected chi connectivity index (χ0v) is 12.7. The molecule has 0 saturated heterocycles. The lowest BCUT2D eigenvalue weighted by Gasteiger charge is -2.06. The van der Waals surface area contributed by atoms with Crippen molar-refractivity contribution in [3.63, 3.8) is 0 Å². The molecule has 0 radical (unpaired) electrons. The molecule has 2 aromatic rings. The zero-order valence-electron chi connectivity index (χ0n) is 12.7. The standard InChI is InChI=1S/C17H23NO2/c1-12(2)18-9-15-8-17(19-10-15)11-20-16-6-5-13(3)14(4)7-16/h5-8,10,12,18H,9,11H2,1-4H3. The van der Waals surface area contributed by atoms with Crippen LogP contribution in [0.1, 0.15) is 36.3 Å². The Hall–Kier alpha value is -1.74. The Bertz CT molecular complexity index is 558. The minimum absolute atomic E-state index is 0.462. The molecule has 1 aromatic carbocycles. The van der Waals surface area contributed by atoms with Gasteiger partial charge in [0.25, 0.3) is 0 Å². The third-order valence-electron chi connectivity index (χ3n) is 3.28. The molecule has 0 aliphatic heterocycles. The van der Waals surface area contributed by atoms with Crippen LogP contribution >= 0.6 is 0 Å². The molecule has 0 bridgehead atoms. The highest BCUT2D eigenvalue weighted by Gasteiger charge is 2.04. The summed E-state index contributed by atoms with van der Waals surface area (Å²) in [6, 6.07) is 8.63. The fourth-order valence-corrected chi connectivity index (χ4v) is 1.87. The second kappa shape index (κ2) is 6.62. The van der Waals surface area contributed by atoms with Crippen molar-refractivity contribution in [3.05, 3.63) is 53.0 Å². The Labute approximate surface area is 121 Å². The van der Waals surface area contributed by atoms with Crippen molar-refractivity contribution in [2.75, 3.05) is 0 Å². The average Bonchev–Trinajstić information content (AvgIpc) is 2.86. The SMILES string of the molecule is Cc1ccc(OCc2cc(CNC(C)C)co2)cc1C. The first kappa shape index (κ1) is 14.7. The molecule has 1 aromatic heterocycles. The summed E-state index contributed by atoms with van der Waals surface area (Å²) in [5.74, 6) is 1.73. The van der Waals surface area contributed by atoms with E-state index in [-0.39, 0.29) is 0 Å². The Kier molecular flexibility index (Phi) is 4.85. The molecule has 0 amide bonds. The Morgan fingerprint density at radius 1 is 1.15 bits per heavy atom. The zero-order chi connectivity index (χ0) is 14.5. The lowest BCUT2D eigenvalue weighted by molar-refractivity contribution is 0.270. The van der Waals surface area contributed by atoms with Crippen LogP contribution < -0.4 is 10.1 Å². The molecule has 3 nitrogen and oxygen atoms in total. The van der Waals surface area contributed by atoms with Crippen LogP contribution in [-0.2, 0) is 13.2 Å². The van der Waals surface area contributed by atoms with Crippen molar-refractivity contribution in [2.24, 2.45) is 0 Å². The molecule has 20 heavy (non-hydrogen) atoms. The van der Waals surface area contributed by atoms with Gasteiger partial charge in [0.15, 0.2) is 0 Å². The highest BCUT2D eigenvalue weighted by Crippen LogP contribution is 2.18. The summed E-state index contributed by atoms with van der Waals surface area (Å²) in [4.78, 5) is 0. The normalized spacial score (nSPS) is 11.1. The molecular weight excluding hydrogens is 250 g/mol. The smallest absolute Gasteiger partial charge is 0.146 e. The molecule has 0 spiro atoms. The summed E-state index contributed by atoms with van der Waals surface area (Å²) in [7, 11) is 0. The van der Waals surface area contributed by atoms with Crippen molar-refractivity contribution in [2.45, 2.75) is 46.9 Å². The summed E-state index contributed by atoms with van der Waals surface area (Å²) >= 11 is 0. The van der Waals surface area contributed by atoms with Crippen LogP contribution in [0.5, 0.6) is 5.75 Å². The van der Waals surface area contributed by atoms with Gasteiger partial charge < -0.3 is 14.5 Å². The van der Waals surface area contributed by atoms with Crippen molar-refractivity contribution in [1.82, 2.24) is 5.32 Å². The first-order valence-electron chi connectivity index (χ1n) is 7.04. The Morgan fingerprint density at radius 3 is 2.65 bits per heavy atom. The summed E-state index contributed by atoms with van der Waals surface area (Å²) < 4.78 is 11.3. The quantitative estimate of drug-likeness (QED) is 0.864. The van der Waals surface area contributed by atoms with E-state index in [2.05, 4.69) is 45.1 Å². The van der Waals surface area contributed by atoms with Crippen molar-refractivity contribution in [1.29, 1.82) is 0 Å². The van der Waals surface area contributed by atoms with Gasteiger partial charge in [-0.05, 0) is 43.2 Å². The van der Waals surface area contributed by atoms with E-state index in [1.54, 1.807) is 6.26 Å². The molecule has 0 atom stereocenters. The Morgan fingerprint density at radius 2 is 1.95 bits per heavy atom. The molecular formula is C17H23NO2. The first-order chi connectivity index (χ1) is 9.54. The van der Waals surface area contributed by atoms with Crippen molar-refractivity contribution >= 4 is 0 Å². The summed E-state index contributed by atoms with van der Waals surface area (Å²) in [6.45, 7) is 9.73. The Balaban J connectivity index is 1.89. The number of benzene rings is 1. The maximum Gasteiger partial charge on any atom is 0.146 e. The highest BCUT2D eigenvalue weighted by molar-refractivity contribution is 5.33. The predicted octanol–water partition coefficient (Wildman–Crippen LogP) is 3.97. The molecule has 108 valence electrons. The average molecular weight is 273 g/mol. The molecule has 0 aliphatic carbocycles. The van der Waals surface area contributed by atoms with E-state index >= 15 is 0 Å². The van der Waals surface area contributed by atoms with E-state index in [0.717, 1.165) is 23.6 Å². The van der Waals surface area contributed by atoms with Crippen LogP contribution in [-0.4, -0.2) is 6.04 Å². The van der Waals surface area contributed by atoms with E-state index in [1.165, 1.54) is 11.1 Å². The summed E-state index contributed by atoms with van der Waals surface area (Å²) in [5, 5.41) is 3.36. The van der Waals surface area contributed by atoms with Crippen molar-refractivity contribution < 1.29 is 9.15 Å². The minimum Gasteiger partial charge on any atom is -0.486 e. The van der Waals surface area contributed by atoms with Crippen LogP contribution in [0.4, 0.5) is 0 Å². The van der Waals surface area contributed by atoms with Gasteiger partial charge in [-0.15, -0.1) is 0 Å². The maximum atomic E-state index is 5.75. The fourth-order valence-electron chi connectivity index (χ4n) is 1.87. The van der Waals surface area contributed by atoms with Crippen LogP contribution in [0.15, 0.2) is 34.9 Å². The van der Waals surface area contributed by atoms with E-state index < -0.39 is 0 Å². The van der Waals surface area contributed by atoms with E-state index in [0.29, 0.717) is 12.6 Å². The molecule has 3 heteroatoms. The lowest BCUT2D eigenvalue weighted by atomic mass is 10.1. The summed E-state index contributed by atoms with van der Waals surface area (Å²) in [5.41, 5.74) is 3.67. The van der Waals surface area contributed by atoms with Crippen LogP contribution in [0.2, 0.25) is 0 Å². The highest BCUT2D eigenvalue weighted by atomic mass is 16.5. The van der Waals surface area contributed by atoms with Gasteiger partial charge in [-0.25, -0.2) is 0 Å². The minimum atomic E-state index is 0.462. The van der Waals surface area contributed by atoms with Gasteiger partial charge in [-0.3, -0.25) is 0 Å². The molecule has 1 heterocycles. The molecule has 1 N–H and O–H groups in total. The number of nitrogens with one attached hydrogen (secondary N) is 1. The fraction of sp³-hybridized carbons (Fsp3) is 0.412. The molecule has 0 unspecified atom stereocenters. The molecule has 0 saturated carbocycles. The van der Waals surface area contributed by atoms with E-state index in [1.807, 2.05) is 12.1 Å². The van der Waals surface area contributed by atoms with Gasteiger partial charge in [0.2, 0.25) is 0 Å². The van der Waals surface area contributed by atoms with Gasteiger partial charge in [0.05, 0.1) is 6.26 Å². The number of rotatable bonds is 6. The number of ether oxygens (including phenoxy) is 1. The van der Waals surface area contributed by atoms with Crippen LogP contribution in [0.3, 0.4) is 0 Å². The molecule has 2 rings (SSSR count). The van der Waals surface area contributed by atoms with E-state index in [9.17, 15) is 0 Å². The summed E-state index contributed by atoms with van der Waals surface area (Å²) in [6.07, 6.45) is 1.79. The molecule has 0 fully saturated rings. The number of hydrogen-bond donors (Lipinski definition) is 1. The number of furan rings is 1. The van der Waals surface area contributed by atoms with Gasteiger partial charge in [0, 0.05) is 18.2 Å². The van der Waals surface area contributed by atoms with E-state index in [4.69, 9.17) is 9.15 Å². The molecule has 0 aliphatic rings. The van der Waals surface area contributed by atoms with Crippen LogP contribution in [0.25, 0.3) is 0 Å². The second-order valence-electron chi connectivity index (χ2n) is 5.49. The van der Waals surface area contributed by atoms with Gasteiger partial charge in [-0.1, -0.05) is 19.9 Å². The van der Waals surface area contributed by atoms with Crippen LogP contribution in [0, 0.1) is 13.8 Å². The predicted molar refractivity (Wildman–Crippen MR) is 80.9 cm³/mol. The van der Waals surface area contributed by atoms with Gasteiger partial charge >= 0.3 is 0 Å². The van der Waals surface area contributed by atoms with Gasteiger partial charge in [-0.2, -0.15) is 0 Å². The largest absolute Gasteiger partial charge is 0.486 e. The first-order valence-corrected chi connectivity index (χ1v) is 7.04. The number of aryl methyl sites for hydroxylation is 2. The lowest BCUT2D eigenvalue weighted by Crippen LogP contribution is -2.21. The maximum absolute atomic E-state index is 5.75. The topological polar surface area (TPSA) is 34.4 Å². The number of hydrogen-bond acceptors (Lipinski definition) is 3. The third kappa shape index (κ3) is 4.14. The third-order valence-corrected chi connectivity index (χ3v) is 3.28.